The Balaban J connectivity index is 1.90. The van der Waals surface area contributed by atoms with E-state index in [1.165, 1.54) is 0 Å². The van der Waals surface area contributed by atoms with Crippen LogP contribution in [0.2, 0.25) is 5.02 Å². The minimum absolute atomic E-state index is 0.327. The van der Waals surface area contributed by atoms with Crippen LogP contribution in [0.3, 0.4) is 0 Å². The fourth-order valence-corrected chi connectivity index (χ4v) is 2.41. The van der Waals surface area contributed by atoms with Gasteiger partial charge in [0.1, 0.15) is 11.2 Å². The first-order valence-electron chi connectivity index (χ1n) is 8.31. The monoisotopic (exact) mass is 374 g/mol. The van der Waals surface area contributed by atoms with Gasteiger partial charge in [0.15, 0.2) is 0 Å². The van der Waals surface area contributed by atoms with Crippen LogP contribution in [0.15, 0.2) is 48.5 Å². The van der Waals surface area contributed by atoms with E-state index in [2.05, 4.69) is 10.6 Å². The normalized spacial score (nSPS) is 10.9. The lowest BCUT2D eigenvalue weighted by molar-refractivity contribution is -0.138. The number of benzene rings is 2. The molecule has 5 nitrogen and oxygen atoms in total. The third-order valence-corrected chi connectivity index (χ3v) is 4.33. The molecule has 0 heterocycles. The lowest BCUT2D eigenvalue weighted by atomic mass is 9.91. The average molecular weight is 375 g/mol. The smallest absolute Gasteiger partial charge is 0.239 e. The molecule has 0 aliphatic rings. The van der Waals surface area contributed by atoms with Crippen LogP contribution in [0.5, 0.6) is 5.75 Å². The minimum Gasteiger partial charge on any atom is -0.497 e. The first-order chi connectivity index (χ1) is 12.3. The quantitative estimate of drug-likeness (QED) is 0.726. The van der Waals surface area contributed by atoms with Crippen molar-refractivity contribution in [1.29, 1.82) is 0 Å². The molecule has 0 unspecified atom stereocenters. The molecule has 0 atom stereocenters. The number of ether oxygens (including phenoxy) is 1. The van der Waals surface area contributed by atoms with Gasteiger partial charge < -0.3 is 15.4 Å². The summed E-state index contributed by atoms with van der Waals surface area (Å²) in [6, 6.07) is 14.4. The summed E-state index contributed by atoms with van der Waals surface area (Å²) in [5.41, 5.74) is 0.438. The van der Waals surface area contributed by atoms with Gasteiger partial charge in [0.05, 0.1) is 7.11 Å². The Kier molecular flexibility index (Phi) is 6.64. The molecule has 0 bridgehead atoms. The first-order valence-corrected chi connectivity index (χ1v) is 8.69. The van der Waals surface area contributed by atoms with Crippen LogP contribution in [0, 0.1) is 5.41 Å². The molecule has 138 valence electrons. The molecule has 2 aromatic rings. The maximum absolute atomic E-state index is 12.5. The zero-order valence-electron chi connectivity index (χ0n) is 15.1. The van der Waals surface area contributed by atoms with Crippen LogP contribution in [-0.2, 0) is 16.0 Å². The predicted molar refractivity (Wildman–Crippen MR) is 104 cm³/mol. The molecule has 26 heavy (non-hydrogen) atoms. The summed E-state index contributed by atoms with van der Waals surface area (Å²) >= 11 is 5.85. The molecule has 2 rings (SSSR count). The number of carbonyl (C=O) groups is 2. The number of rotatable bonds is 7. The SMILES string of the molecule is COc1cccc(NC(=O)C(C)(C)C(=O)NCCc2ccc(Cl)cc2)c1. The molecule has 2 N–H and O–H groups in total. The molecule has 0 aromatic heterocycles. The summed E-state index contributed by atoms with van der Waals surface area (Å²) in [6.07, 6.45) is 0.663. The highest BCUT2D eigenvalue weighted by Gasteiger charge is 2.35. The standard InChI is InChI=1S/C20H23ClN2O3/c1-20(2,19(25)23-16-5-4-6-17(13-16)26-3)18(24)22-12-11-14-7-9-15(21)10-8-14/h4-10,13H,11-12H2,1-3H3,(H,22,24)(H,23,25). The van der Waals surface area contributed by atoms with Gasteiger partial charge in [-0.3, -0.25) is 9.59 Å². The second-order valence-electron chi connectivity index (χ2n) is 6.44. The van der Waals surface area contributed by atoms with E-state index in [0.29, 0.717) is 29.4 Å². The minimum atomic E-state index is -1.21. The molecular weight excluding hydrogens is 352 g/mol. The van der Waals surface area contributed by atoms with Gasteiger partial charge in [0, 0.05) is 23.3 Å². The lowest BCUT2D eigenvalue weighted by Crippen LogP contribution is -2.45. The van der Waals surface area contributed by atoms with Crippen molar-refractivity contribution >= 4 is 29.1 Å². The lowest BCUT2D eigenvalue weighted by Gasteiger charge is -2.23. The molecule has 0 radical (unpaired) electrons. The van der Waals surface area contributed by atoms with E-state index in [9.17, 15) is 9.59 Å². The van der Waals surface area contributed by atoms with Gasteiger partial charge in [-0.2, -0.15) is 0 Å². The third-order valence-electron chi connectivity index (χ3n) is 4.08. The van der Waals surface area contributed by atoms with Gasteiger partial charge in [0.25, 0.3) is 0 Å². The van der Waals surface area contributed by atoms with E-state index < -0.39 is 5.41 Å². The Labute approximate surface area is 158 Å². The van der Waals surface area contributed by atoms with Crippen molar-refractivity contribution in [2.45, 2.75) is 20.3 Å². The number of hydrogen-bond donors (Lipinski definition) is 2. The number of halogens is 1. The van der Waals surface area contributed by atoms with E-state index in [1.54, 1.807) is 45.2 Å². The molecule has 2 aromatic carbocycles. The third kappa shape index (κ3) is 5.23. The molecule has 0 spiro atoms. The zero-order chi connectivity index (χ0) is 19.2. The highest BCUT2D eigenvalue weighted by Crippen LogP contribution is 2.22. The van der Waals surface area contributed by atoms with Crippen LogP contribution in [-0.4, -0.2) is 25.5 Å². The number of methoxy groups -OCH3 is 1. The number of carbonyl (C=O) groups excluding carboxylic acids is 2. The highest BCUT2D eigenvalue weighted by molar-refractivity contribution is 6.30. The Morgan fingerprint density at radius 3 is 2.42 bits per heavy atom. The maximum atomic E-state index is 12.5. The van der Waals surface area contributed by atoms with E-state index in [-0.39, 0.29) is 11.8 Å². The fraction of sp³-hybridized carbons (Fsp3) is 0.300. The second-order valence-corrected chi connectivity index (χ2v) is 6.88. The van der Waals surface area contributed by atoms with E-state index >= 15 is 0 Å². The molecule has 2 amide bonds. The fourth-order valence-electron chi connectivity index (χ4n) is 2.28. The van der Waals surface area contributed by atoms with Gasteiger partial charge >= 0.3 is 0 Å². The van der Waals surface area contributed by atoms with Gasteiger partial charge in [-0.25, -0.2) is 0 Å². The number of hydrogen-bond acceptors (Lipinski definition) is 3. The maximum Gasteiger partial charge on any atom is 0.239 e. The van der Waals surface area contributed by atoms with Crippen LogP contribution in [0.1, 0.15) is 19.4 Å². The zero-order valence-corrected chi connectivity index (χ0v) is 15.9. The summed E-state index contributed by atoms with van der Waals surface area (Å²) in [6.45, 7) is 3.64. The first kappa shape index (κ1) is 19.8. The number of amides is 2. The predicted octanol–water partition coefficient (Wildman–Crippen LogP) is 3.67. The molecule has 0 aliphatic carbocycles. The summed E-state index contributed by atoms with van der Waals surface area (Å²) in [5.74, 6) is -0.0744. The summed E-state index contributed by atoms with van der Waals surface area (Å²) in [5, 5.41) is 6.25. The largest absolute Gasteiger partial charge is 0.497 e. The molecule has 0 saturated heterocycles. The van der Waals surface area contributed by atoms with Gasteiger partial charge in [-0.15, -0.1) is 0 Å². The van der Waals surface area contributed by atoms with Crippen molar-refractivity contribution < 1.29 is 14.3 Å². The summed E-state index contributed by atoms with van der Waals surface area (Å²) in [4.78, 5) is 25.0. The molecule has 0 saturated carbocycles. The van der Waals surface area contributed by atoms with Gasteiger partial charge in [-0.05, 0) is 50.1 Å². The molecular formula is C20H23ClN2O3. The summed E-state index contributed by atoms with van der Waals surface area (Å²) < 4.78 is 5.13. The Hall–Kier alpha value is -2.53. The Morgan fingerprint density at radius 2 is 1.77 bits per heavy atom. The Bertz CT molecular complexity index is 773. The van der Waals surface area contributed by atoms with E-state index in [0.717, 1.165) is 5.56 Å². The van der Waals surface area contributed by atoms with Gasteiger partial charge in [-0.1, -0.05) is 29.8 Å². The number of anilines is 1. The average Bonchev–Trinajstić information content (AvgIpc) is 2.63. The van der Waals surface area contributed by atoms with Gasteiger partial charge in [0.2, 0.25) is 11.8 Å². The number of nitrogens with one attached hydrogen (secondary N) is 2. The van der Waals surface area contributed by atoms with Crippen LogP contribution < -0.4 is 15.4 Å². The topological polar surface area (TPSA) is 67.4 Å². The van der Waals surface area contributed by atoms with Crippen molar-refractivity contribution in [1.82, 2.24) is 5.32 Å². The van der Waals surface area contributed by atoms with Crippen molar-refractivity contribution in [3.05, 3.63) is 59.1 Å². The molecule has 6 heteroatoms. The highest BCUT2D eigenvalue weighted by atomic mass is 35.5. The van der Waals surface area contributed by atoms with Crippen molar-refractivity contribution in [3.8, 4) is 5.75 Å². The Morgan fingerprint density at radius 1 is 1.08 bits per heavy atom. The second kappa shape index (κ2) is 8.72. The van der Waals surface area contributed by atoms with E-state index in [1.807, 2.05) is 24.3 Å². The molecule has 0 aliphatic heterocycles. The van der Waals surface area contributed by atoms with Crippen LogP contribution in [0.25, 0.3) is 0 Å². The summed E-state index contributed by atoms with van der Waals surface area (Å²) in [7, 11) is 1.55. The van der Waals surface area contributed by atoms with E-state index in [4.69, 9.17) is 16.3 Å². The van der Waals surface area contributed by atoms with Crippen molar-refractivity contribution in [3.63, 3.8) is 0 Å². The van der Waals surface area contributed by atoms with Crippen LogP contribution in [0.4, 0.5) is 5.69 Å². The molecule has 0 fully saturated rings. The van der Waals surface area contributed by atoms with Crippen LogP contribution >= 0.6 is 11.6 Å². The van der Waals surface area contributed by atoms with Crippen molar-refractivity contribution in [2.75, 3.05) is 19.0 Å². The van der Waals surface area contributed by atoms with Crippen molar-refractivity contribution in [2.24, 2.45) is 5.41 Å².